The fourth-order valence-electron chi connectivity index (χ4n) is 3.53. The SMILES string of the molecule is CCOc1cccc(/C(O)=C2/C(=O)C(=O)N(Cc3ccncc3)C2c2cccs2)c1. The Balaban J connectivity index is 1.81. The van der Waals surface area contributed by atoms with E-state index in [1.807, 2.05) is 24.4 Å². The van der Waals surface area contributed by atoms with Crippen LogP contribution in [0.25, 0.3) is 5.76 Å². The molecule has 3 heterocycles. The van der Waals surface area contributed by atoms with Gasteiger partial charge in [-0.2, -0.15) is 0 Å². The van der Waals surface area contributed by atoms with Crippen molar-refractivity contribution in [3.63, 3.8) is 0 Å². The normalized spacial score (nSPS) is 18.0. The molecule has 1 N–H and O–H groups in total. The minimum absolute atomic E-state index is 0.0881. The summed E-state index contributed by atoms with van der Waals surface area (Å²) in [4.78, 5) is 32.2. The summed E-state index contributed by atoms with van der Waals surface area (Å²) in [6.45, 7) is 2.59. The molecule has 1 atom stereocenters. The lowest BCUT2D eigenvalue weighted by atomic mass is 9.99. The van der Waals surface area contributed by atoms with Crippen molar-refractivity contribution in [2.75, 3.05) is 6.61 Å². The van der Waals surface area contributed by atoms with Gasteiger partial charge in [-0.1, -0.05) is 18.2 Å². The highest BCUT2D eigenvalue weighted by Crippen LogP contribution is 2.42. The molecular formula is C23H20N2O4S. The van der Waals surface area contributed by atoms with E-state index < -0.39 is 17.7 Å². The molecule has 1 amide bonds. The number of benzene rings is 1. The van der Waals surface area contributed by atoms with Crippen molar-refractivity contribution in [3.05, 3.63) is 87.9 Å². The lowest BCUT2D eigenvalue weighted by molar-refractivity contribution is -0.140. The van der Waals surface area contributed by atoms with E-state index in [2.05, 4.69) is 4.98 Å². The van der Waals surface area contributed by atoms with Gasteiger partial charge in [0, 0.05) is 29.4 Å². The summed E-state index contributed by atoms with van der Waals surface area (Å²) in [5.41, 5.74) is 1.38. The largest absolute Gasteiger partial charge is 0.507 e. The first-order valence-electron chi connectivity index (χ1n) is 9.54. The van der Waals surface area contributed by atoms with Crippen molar-refractivity contribution in [1.29, 1.82) is 0 Å². The number of aromatic nitrogens is 1. The number of hydrogen-bond acceptors (Lipinski definition) is 6. The number of nitrogens with zero attached hydrogens (tertiary/aromatic N) is 2. The molecule has 1 saturated heterocycles. The van der Waals surface area contributed by atoms with Crippen LogP contribution in [0, 0.1) is 0 Å². The minimum atomic E-state index is -0.693. The van der Waals surface area contributed by atoms with Crippen LogP contribution in [0.1, 0.15) is 29.0 Å². The number of rotatable bonds is 6. The van der Waals surface area contributed by atoms with Gasteiger partial charge in [-0.05, 0) is 48.2 Å². The number of thiophene rings is 1. The summed E-state index contributed by atoms with van der Waals surface area (Å²) in [5, 5.41) is 13.0. The molecule has 1 aromatic carbocycles. The molecule has 0 bridgehead atoms. The number of Topliss-reactive ketones (excluding diaryl/α,β-unsaturated/α-hetero) is 1. The Morgan fingerprint density at radius 1 is 1.17 bits per heavy atom. The van der Waals surface area contributed by atoms with Gasteiger partial charge in [0.2, 0.25) is 0 Å². The fourth-order valence-corrected chi connectivity index (χ4v) is 4.37. The van der Waals surface area contributed by atoms with Gasteiger partial charge in [-0.25, -0.2) is 0 Å². The third-order valence-electron chi connectivity index (χ3n) is 4.87. The van der Waals surface area contributed by atoms with E-state index in [0.29, 0.717) is 17.9 Å². The number of amides is 1. The van der Waals surface area contributed by atoms with E-state index in [0.717, 1.165) is 10.4 Å². The van der Waals surface area contributed by atoms with Crippen LogP contribution in [0.15, 0.2) is 71.9 Å². The Hall–Kier alpha value is -3.45. The molecule has 2 aromatic heterocycles. The van der Waals surface area contributed by atoms with Crippen LogP contribution in [0.4, 0.5) is 0 Å². The van der Waals surface area contributed by atoms with Gasteiger partial charge < -0.3 is 14.7 Å². The predicted molar refractivity (Wildman–Crippen MR) is 114 cm³/mol. The molecular weight excluding hydrogens is 400 g/mol. The molecule has 152 valence electrons. The van der Waals surface area contributed by atoms with Crippen molar-refractivity contribution >= 4 is 28.8 Å². The molecule has 0 aliphatic carbocycles. The number of carbonyl (C=O) groups excluding carboxylic acids is 2. The van der Waals surface area contributed by atoms with E-state index in [4.69, 9.17) is 4.74 Å². The summed E-state index contributed by atoms with van der Waals surface area (Å²) in [7, 11) is 0. The van der Waals surface area contributed by atoms with Crippen molar-refractivity contribution in [2.45, 2.75) is 19.5 Å². The van der Waals surface area contributed by atoms with Crippen molar-refractivity contribution < 1.29 is 19.4 Å². The number of hydrogen-bond donors (Lipinski definition) is 1. The third-order valence-corrected chi connectivity index (χ3v) is 5.80. The maximum Gasteiger partial charge on any atom is 0.295 e. The Bertz CT molecular complexity index is 1090. The highest BCUT2D eigenvalue weighted by Gasteiger charge is 2.46. The van der Waals surface area contributed by atoms with Gasteiger partial charge in [0.15, 0.2) is 0 Å². The third kappa shape index (κ3) is 3.71. The van der Waals surface area contributed by atoms with Crippen LogP contribution >= 0.6 is 11.3 Å². The van der Waals surface area contributed by atoms with Crippen LogP contribution in [-0.4, -0.2) is 33.3 Å². The molecule has 0 spiro atoms. The zero-order valence-corrected chi connectivity index (χ0v) is 17.1. The second-order valence-corrected chi connectivity index (χ2v) is 7.74. The van der Waals surface area contributed by atoms with Crippen molar-refractivity contribution in [3.8, 4) is 5.75 Å². The van der Waals surface area contributed by atoms with Crippen LogP contribution in [0.3, 0.4) is 0 Å². The summed E-state index contributed by atoms with van der Waals surface area (Å²) in [5.74, 6) is -0.944. The predicted octanol–water partition coefficient (Wildman–Crippen LogP) is 4.16. The van der Waals surface area contributed by atoms with Crippen LogP contribution in [-0.2, 0) is 16.1 Å². The number of aliphatic hydroxyl groups is 1. The molecule has 4 rings (SSSR count). The second kappa shape index (κ2) is 8.51. The molecule has 6 nitrogen and oxygen atoms in total. The second-order valence-electron chi connectivity index (χ2n) is 6.76. The molecule has 1 aliphatic rings. The number of likely N-dealkylation sites (tertiary alicyclic amines) is 1. The van der Waals surface area contributed by atoms with Crippen molar-refractivity contribution in [1.82, 2.24) is 9.88 Å². The average Bonchev–Trinajstić information content (AvgIpc) is 3.37. The Labute approximate surface area is 178 Å². The number of pyridine rings is 1. The summed E-state index contributed by atoms with van der Waals surface area (Å²) in [6, 6.07) is 13.6. The summed E-state index contributed by atoms with van der Waals surface area (Å²) < 4.78 is 5.51. The fraction of sp³-hybridized carbons (Fsp3) is 0.174. The van der Waals surface area contributed by atoms with E-state index in [9.17, 15) is 14.7 Å². The minimum Gasteiger partial charge on any atom is -0.507 e. The Morgan fingerprint density at radius 2 is 1.97 bits per heavy atom. The summed E-state index contributed by atoms with van der Waals surface area (Å²) in [6.07, 6.45) is 3.29. The van der Waals surface area contributed by atoms with Crippen molar-refractivity contribution in [2.24, 2.45) is 0 Å². The zero-order chi connectivity index (χ0) is 21.1. The molecule has 30 heavy (non-hydrogen) atoms. The van der Waals surface area contributed by atoms with E-state index in [-0.39, 0.29) is 17.9 Å². The number of ketones is 1. The maximum atomic E-state index is 13.0. The van der Waals surface area contributed by atoms with Gasteiger partial charge in [0.05, 0.1) is 18.2 Å². The monoisotopic (exact) mass is 420 g/mol. The number of carbonyl (C=O) groups is 2. The van der Waals surface area contributed by atoms with E-state index in [1.165, 1.54) is 16.2 Å². The lowest BCUT2D eigenvalue weighted by Gasteiger charge is -2.24. The summed E-state index contributed by atoms with van der Waals surface area (Å²) >= 11 is 1.44. The van der Waals surface area contributed by atoms with Gasteiger partial charge in [0.25, 0.3) is 11.7 Å². The van der Waals surface area contributed by atoms with Crippen LogP contribution in [0.2, 0.25) is 0 Å². The Morgan fingerprint density at radius 3 is 2.67 bits per heavy atom. The average molecular weight is 420 g/mol. The van der Waals surface area contributed by atoms with Gasteiger partial charge in [-0.15, -0.1) is 11.3 Å². The lowest BCUT2D eigenvalue weighted by Crippen LogP contribution is -2.28. The molecule has 0 radical (unpaired) electrons. The first-order valence-corrected chi connectivity index (χ1v) is 10.4. The first-order chi connectivity index (χ1) is 14.6. The molecule has 1 unspecified atom stereocenters. The van der Waals surface area contributed by atoms with E-state index >= 15 is 0 Å². The van der Waals surface area contributed by atoms with Gasteiger partial charge in [0.1, 0.15) is 11.5 Å². The molecule has 0 saturated carbocycles. The topological polar surface area (TPSA) is 79.7 Å². The molecule has 7 heteroatoms. The highest BCUT2D eigenvalue weighted by molar-refractivity contribution is 7.10. The number of aliphatic hydroxyl groups excluding tert-OH is 1. The number of ether oxygens (including phenoxy) is 1. The maximum absolute atomic E-state index is 13.0. The van der Waals surface area contributed by atoms with E-state index in [1.54, 1.807) is 48.8 Å². The zero-order valence-electron chi connectivity index (χ0n) is 16.3. The van der Waals surface area contributed by atoms with Gasteiger partial charge in [-0.3, -0.25) is 14.6 Å². The highest BCUT2D eigenvalue weighted by atomic mass is 32.1. The molecule has 3 aromatic rings. The first kappa shape index (κ1) is 19.8. The van der Waals surface area contributed by atoms with Crippen LogP contribution < -0.4 is 4.74 Å². The van der Waals surface area contributed by atoms with Crippen LogP contribution in [0.5, 0.6) is 5.75 Å². The molecule has 1 aliphatic heterocycles. The Kier molecular flexibility index (Phi) is 5.63. The van der Waals surface area contributed by atoms with Gasteiger partial charge >= 0.3 is 0 Å². The smallest absolute Gasteiger partial charge is 0.295 e. The quantitative estimate of drug-likeness (QED) is 0.368. The molecule has 1 fully saturated rings. The standard InChI is InChI=1S/C23H20N2O4S/c1-2-29-17-6-3-5-16(13-17)21(26)19-20(18-7-4-12-30-18)25(23(28)22(19)27)14-15-8-10-24-11-9-15/h3-13,20,26H,2,14H2,1H3/b21-19-.